The highest BCUT2D eigenvalue weighted by Gasteiger charge is 2.32. The molecule has 1 aliphatic heterocycles. The predicted octanol–water partition coefficient (Wildman–Crippen LogP) is 5.03. The molecule has 3 rings (SSSR count). The Balaban J connectivity index is 1.78. The standard InChI is InChI=1S/C20H22Br2N2O5S/c1-4-13(2)23-9-10-24(20(23)25)14-5-7-16(8-6-14)30(26,27)29-15-11-17(21)19(28-3)18(22)12-15/h5-8,11-13H,4,9-10H2,1-3H3. The molecule has 1 heterocycles. The molecule has 2 aromatic rings. The summed E-state index contributed by atoms with van der Waals surface area (Å²) in [6, 6.07) is 9.25. The molecule has 2 aromatic carbocycles. The molecular formula is C20H22Br2N2O5S. The van der Waals surface area contributed by atoms with Gasteiger partial charge in [-0.2, -0.15) is 8.42 Å². The monoisotopic (exact) mass is 560 g/mol. The van der Waals surface area contributed by atoms with Gasteiger partial charge in [-0.15, -0.1) is 0 Å². The third-order valence-electron chi connectivity index (χ3n) is 4.98. The van der Waals surface area contributed by atoms with Gasteiger partial charge in [0.2, 0.25) is 0 Å². The van der Waals surface area contributed by atoms with Crippen LogP contribution in [-0.2, 0) is 10.1 Å². The van der Waals surface area contributed by atoms with Crippen LogP contribution in [-0.4, -0.2) is 45.6 Å². The van der Waals surface area contributed by atoms with E-state index in [1.165, 1.54) is 31.4 Å². The highest BCUT2D eigenvalue weighted by molar-refractivity contribution is 9.11. The molecule has 0 aromatic heterocycles. The van der Waals surface area contributed by atoms with Gasteiger partial charge < -0.3 is 13.8 Å². The summed E-state index contributed by atoms with van der Waals surface area (Å²) in [6.07, 6.45) is 0.881. The van der Waals surface area contributed by atoms with Crippen molar-refractivity contribution in [2.75, 3.05) is 25.1 Å². The summed E-state index contributed by atoms with van der Waals surface area (Å²) in [5.41, 5.74) is 0.652. The smallest absolute Gasteiger partial charge is 0.339 e. The maximum absolute atomic E-state index is 12.7. The number of urea groups is 1. The largest absolute Gasteiger partial charge is 0.494 e. The molecule has 10 heteroatoms. The van der Waals surface area contributed by atoms with Crippen LogP contribution in [0.3, 0.4) is 0 Å². The Labute approximate surface area is 193 Å². The zero-order chi connectivity index (χ0) is 22.1. The van der Waals surface area contributed by atoms with Crippen molar-refractivity contribution in [3.63, 3.8) is 0 Å². The highest BCUT2D eigenvalue weighted by atomic mass is 79.9. The van der Waals surface area contributed by atoms with E-state index in [0.717, 1.165) is 6.42 Å². The Morgan fingerprint density at radius 1 is 1.10 bits per heavy atom. The quantitative estimate of drug-likeness (QED) is 0.443. The Morgan fingerprint density at radius 2 is 1.70 bits per heavy atom. The van der Waals surface area contributed by atoms with Crippen LogP contribution in [0.5, 0.6) is 11.5 Å². The normalized spacial score (nSPS) is 15.4. The molecular weight excluding hydrogens is 540 g/mol. The third kappa shape index (κ3) is 4.60. The number of methoxy groups -OCH3 is 1. The van der Waals surface area contributed by atoms with Gasteiger partial charge in [0, 0.05) is 24.8 Å². The minimum atomic E-state index is -4.04. The van der Waals surface area contributed by atoms with E-state index in [9.17, 15) is 13.2 Å². The lowest BCUT2D eigenvalue weighted by Crippen LogP contribution is -2.37. The number of rotatable bonds is 7. The summed E-state index contributed by atoms with van der Waals surface area (Å²) in [7, 11) is -2.53. The average molecular weight is 562 g/mol. The second-order valence-electron chi connectivity index (χ2n) is 6.84. The molecule has 0 radical (unpaired) electrons. The van der Waals surface area contributed by atoms with Crippen molar-refractivity contribution in [2.24, 2.45) is 0 Å². The number of halogens is 2. The van der Waals surface area contributed by atoms with E-state index in [2.05, 4.69) is 31.9 Å². The van der Waals surface area contributed by atoms with Gasteiger partial charge in [-0.05, 0) is 81.6 Å². The molecule has 1 fully saturated rings. The number of carbonyl (C=O) groups is 1. The van der Waals surface area contributed by atoms with Gasteiger partial charge in [-0.3, -0.25) is 4.90 Å². The summed E-state index contributed by atoms with van der Waals surface area (Å²) in [5, 5.41) is 0. The van der Waals surface area contributed by atoms with Gasteiger partial charge in [0.25, 0.3) is 0 Å². The van der Waals surface area contributed by atoms with Crippen LogP contribution >= 0.6 is 31.9 Å². The van der Waals surface area contributed by atoms with Gasteiger partial charge in [-0.1, -0.05) is 6.92 Å². The summed E-state index contributed by atoms with van der Waals surface area (Å²) in [4.78, 5) is 16.1. The van der Waals surface area contributed by atoms with Gasteiger partial charge in [-0.25, -0.2) is 4.79 Å². The number of hydrogen-bond acceptors (Lipinski definition) is 5. The predicted molar refractivity (Wildman–Crippen MR) is 122 cm³/mol. The van der Waals surface area contributed by atoms with E-state index in [4.69, 9.17) is 8.92 Å². The number of hydrogen-bond donors (Lipinski definition) is 0. The van der Waals surface area contributed by atoms with Crippen LogP contribution in [0.25, 0.3) is 0 Å². The van der Waals surface area contributed by atoms with E-state index in [1.54, 1.807) is 17.0 Å². The lowest BCUT2D eigenvalue weighted by atomic mass is 10.2. The number of anilines is 1. The number of amides is 2. The molecule has 0 saturated carbocycles. The van der Waals surface area contributed by atoms with Gasteiger partial charge >= 0.3 is 16.1 Å². The van der Waals surface area contributed by atoms with Crippen LogP contribution in [0.4, 0.5) is 10.5 Å². The minimum Gasteiger partial charge on any atom is -0.494 e. The molecule has 0 bridgehead atoms. The SMILES string of the molecule is CCC(C)N1CCN(c2ccc(S(=O)(=O)Oc3cc(Br)c(OC)c(Br)c3)cc2)C1=O. The number of carbonyl (C=O) groups excluding carboxylic acids is 1. The second-order valence-corrected chi connectivity index (χ2v) is 10.1. The van der Waals surface area contributed by atoms with Crippen molar-refractivity contribution >= 4 is 53.7 Å². The first kappa shape index (κ1) is 22.9. The van der Waals surface area contributed by atoms with Crippen LogP contribution in [0, 0.1) is 0 Å². The minimum absolute atomic E-state index is 0.000240. The maximum atomic E-state index is 12.7. The molecule has 7 nitrogen and oxygen atoms in total. The molecule has 162 valence electrons. The molecule has 30 heavy (non-hydrogen) atoms. The second kappa shape index (κ2) is 9.15. The lowest BCUT2D eigenvalue weighted by molar-refractivity contribution is 0.203. The first-order chi connectivity index (χ1) is 14.2. The van der Waals surface area contributed by atoms with Crippen LogP contribution in [0.2, 0.25) is 0 Å². The Hall–Kier alpha value is -1.78. The molecule has 0 N–H and O–H groups in total. The summed E-state index contributed by atoms with van der Waals surface area (Å²) in [6.45, 7) is 5.28. The van der Waals surface area contributed by atoms with Crippen molar-refractivity contribution in [1.82, 2.24) is 4.90 Å². The Kier molecular flexibility index (Phi) is 6.98. The Morgan fingerprint density at radius 3 is 2.23 bits per heavy atom. The molecule has 1 unspecified atom stereocenters. The molecule has 0 aliphatic carbocycles. The van der Waals surface area contributed by atoms with Crippen LogP contribution < -0.4 is 13.8 Å². The fourth-order valence-electron chi connectivity index (χ4n) is 3.17. The van der Waals surface area contributed by atoms with Gasteiger partial charge in [0.1, 0.15) is 16.4 Å². The van der Waals surface area contributed by atoms with Crippen molar-refractivity contribution in [2.45, 2.75) is 31.2 Å². The topological polar surface area (TPSA) is 76.2 Å². The fourth-order valence-corrected chi connectivity index (χ4v) is 5.55. The lowest BCUT2D eigenvalue weighted by Gasteiger charge is -2.23. The number of nitrogens with zero attached hydrogens (tertiary/aromatic N) is 2. The maximum Gasteiger partial charge on any atom is 0.339 e. The summed E-state index contributed by atoms with van der Waals surface area (Å²) >= 11 is 6.65. The van der Waals surface area contributed by atoms with Crippen LogP contribution in [0.1, 0.15) is 20.3 Å². The third-order valence-corrected chi connectivity index (χ3v) is 7.42. The first-order valence-electron chi connectivity index (χ1n) is 9.33. The van der Waals surface area contributed by atoms with E-state index in [0.29, 0.717) is 33.5 Å². The van der Waals surface area contributed by atoms with E-state index in [-0.39, 0.29) is 22.7 Å². The Bertz CT molecular complexity index is 1020. The molecule has 0 spiro atoms. The van der Waals surface area contributed by atoms with Crippen molar-refractivity contribution in [3.05, 3.63) is 45.3 Å². The summed E-state index contributed by atoms with van der Waals surface area (Å²) in [5.74, 6) is 0.670. The van der Waals surface area contributed by atoms with Crippen molar-refractivity contribution < 1.29 is 22.1 Å². The zero-order valence-corrected chi connectivity index (χ0v) is 20.8. The van der Waals surface area contributed by atoms with Gasteiger partial charge in [0.05, 0.1) is 16.1 Å². The fraction of sp³-hybridized carbons (Fsp3) is 0.350. The first-order valence-corrected chi connectivity index (χ1v) is 12.3. The molecule has 1 saturated heterocycles. The van der Waals surface area contributed by atoms with Gasteiger partial charge in [0.15, 0.2) is 0 Å². The highest BCUT2D eigenvalue weighted by Crippen LogP contribution is 2.38. The van der Waals surface area contributed by atoms with Crippen molar-refractivity contribution in [3.8, 4) is 11.5 Å². The average Bonchev–Trinajstić information content (AvgIpc) is 3.08. The summed E-state index contributed by atoms with van der Waals surface area (Å²) < 4.78 is 37.0. The van der Waals surface area contributed by atoms with Crippen LogP contribution in [0.15, 0.2) is 50.2 Å². The molecule has 1 aliphatic rings. The zero-order valence-electron chi connectivity index (χ0n) is 16.8. The number of benzene rings is 2. The van der Waals surface area contributed by atoms with Crippen molar-refractivity contribution in [1.29, 1.82) is 0 Å². The number of ether oxygens (including phenoxy) is 1. The molecule has 1 atom stereocenters. The van der Waals surface area contributed by atoms with E-state index >= 15 is 0 Å². The molecule has 2 amide bonds. The van der Waals surface area contributed by atoms with E-state index < -0.39 is 10.1 Å². The van der Waals surface area contributed by atoms with E-state index in [1.807, 2.05) is 18.7 Å².